The molecule has 0 fully saturated rings. The summed E-state index contributed by atoms with van der Waals surface area (Å²) in [6.45, 7) is 2.26. The number of hydrogen-bond donors (Lipinski definition) is 2. The van der Waals surface area contributed by atoms with Gasteiger partial charge in [-0.25, -0.2) is 5.48 Å². The van der Waals surface area contributed by atoms with Crippen molar-refractivity contribution in [1.82, 2.24) is 5.48 Å². The fraction of sp³-hybridized carbons (Fsp3) is 0.800. The number of hydroxylamine groups is 1. The molecule has 0 heterocycles. The minimum Gasteiger partial charge on any atom is -0.481 e. The number of carboxylic acids is 1. The van der Waals surface area contributed by atoms with Crippen LogP contribution in [0.15, 0.2) is 0 Å². The third-order valence-electron chi connectivity index (χ3n) is 1.87. The average molecular weight is 217 g/mol. The van der Waals surface area contributed by atoms with E-state index >= 15 is 0 Å². The second-order valence-electron chi connectivity index (χ2n) is 3.27. The number of nitrogens with one attached hydrogen (secondary N) is 1. The van der Waals surface area contributed by atoms with Crippen molar-refractivity contribution in [1.29, 1.82) is 0 Å². The maximum absolute atomic E-state index is 11.0. The summed E-state index contributed by atoms with van der Waals surface area (Å²) in [6.07, 6.45) is 3.85. The van der Waals surface area contributed by atoms with Gasteiger partial charge in [-0.2, -0.15) is 0 Å². The molecule has 2 N–H and O–H groups in total. The van der Waals surface area contributed by atoms with Crippen molar-refractivity contribution in [3.63, 3.8) is 0 Å². The van der Waals surface area contributed by atoms with E-state index in [1.54, 1.807) is 6.92 Å². The summed E-state index contributed by atoms with van der Waals surface area (Å²) in [6, 6.07) is 0. The molecular formula is C10H19NO4. The predicted octanol–water partition coefficient (Wildman–Crippen LogP) is 1.48. The predicted molar refractivity (Wildman–Crippen MR) is 55.1 cm³/mol. The van der Waals surface area contributed by atoms with Crippen molar-refractivity contribution in [3.05, 3.63) is 0 Å². The van der Waals surface area contributed by atoms with Crippen LogP contribution in [0.5, 0.6) is 0 Å². The van der Waals surface area contributed by atoms with Gasteiger partial charge < -0.3 is 5.11 Å². The molecule has 0 aromatic heterocycles. The number of carboxylic acid groups (broad SMARTS) is 1. The Balaban J connectivity index is 3.16. The lowest BCUT2D eigenvalue weighted by Crippen LogP contribution is -2.23. The van der Waals surface area contributed by atoms with Crippen LogP contribution in [-0.2, 0) is 14.4 Å². The van der Waals surface area contributed by atoms with E-state index in [1.165, 1.54) is 0 Å². The molecule has 0 unspecified atom stereocenters. The molecule has 0 aromatic rings. The molecule has 5 nitrogen and oxygen atoms in total. The van der Waals surface area contributed by atoms with Crippen molar-refractivity contribution in [3.8, 4) is 0 Å². The number of carbonyl (C=O) groups excluding carboxylic acids is 1. The molecule has 0 saturated carbocycles. The molecule has 15 heavy (non-hydrogen) atoms. The van der Waals surface area contributed by atoms with E-state index in [-0.39, 0.29) is 12.3 Å². The van der Waals surface area contributed by atoms with Gasteiger partial charge >= 0.3 is 5.97 Å². The summed E-state index contributed by atoms with van der Waals surface area (Å²) in [5.41, 5.74) is 2.31. The van der Waals surface area contributed by atoms with E-state index in [0.717, 1.165) is 19.3 Å². The number of hydrogen-bond acceptors (Lipinski definition) is 3. The Morgan fingerprint density at radius 1 is 1.13 bits per heavy atom. The molecule has 0 spiro atoms. The number of carbonyl (C=O) groups is 2. The molecule has 0 radical (unpaired) electrons. The van der Waals surface area contributed by atoms with Crippen LogP contribution in [0.1, 0.15) is 45.4 Å². The zero-order chi connectivity index (χ0) is 11.5. The smallest absolute Gasteiger partial charge is 0.303 e. The second kappa shape index (κ2) is 9.45. The first kappa shape index (κ1) is 13.9. The van der Waals surface area contributed by atoms with Crippen LogP contribution in [0.2, 0.25) is 0 Å². The molecule has 0 bridgehead atoms. The molecule has 0 aliphatic carbocycles. The summed E-state index contributed by atoms with van der Waals surface area (Å²) < 4.78 is 0. The van der Waals surface area contributed by atoms with Gasteiger partial charge in [0.1, 0.15) is 0 Å². The lowest BCUT2D eigenvalue weighted by Gasteiger charge is -2.03. The maximum Gasteiger partial charge on any atom is 0.303 e. The quantitative estimate of drug-likeness (QED) is 0.453. The second-order valence-corrected chi connectivity index (χ2v) is 3.27. The van der Waals surface area contributed by atoms with Crippen molar-refractivity contribution in [2.75, 3.05) is 6.61 Å². The molecule has 0 saturated heterocycles. The van der Waals surface area contributed by atoms with Crippen LogP contribution in [0.3, 0.4) is 0 Å². The first-order valence-corrected chi connectivity index (χ1v) is 5.29. The fourth-order valence-corrected chi connectivity index (χ4v) is 1.12. The summed E-state index contributed by atoms with van der Waals surface area (Å²) in [5.74, 6) is -0.876. The molecule has 0 atom stereocenters. The van der Waals surface area contributed by atoms with Crippen LogP contribution in [0.25, 0.3) is 0 Å². The zero-order valence-corrected chi connectivity index (χ0v) is 9.12. The van der Waals surface area contributed by atoms with Gasteiger partial charge in [0, 0.05) is 12.8 Å². The van der Waals surface area contributed by atoms with E-state index in [2.05, 4.69) is 5.48 Å². The number of unbranched alkanes of at least 4 members (excludes halogenated alkanes) is 3. The third kappa shape index (κ3) is 10.8. The summed E-state index contributed by atoms with van der Waals surface area (Å²) in [7, 11) is 0. The minimum atomic E-state index is -0.760. The van der Waals surface area contributed by atoms with Gasteiger partial charge in [0.05, 0.1) is 6.61 Å². The maximum atomic E-state index is 11.0. The van der Waals surface area contributed by atoms with Crippen molar-refractivity contribution in [2.45, 2.75) is 45.4 Å². The Hall–Kier alpha value is -1.10. The van der Waals surface area contributed by atoms with Crippen LogP contribution >= 0.6 is 0 Å². The highest BCUT2D eigenvalue weighted by atomic mass is 16.6. The molecule has 0 aromatic carbocycles. The Bertz CT molecular complexity index is 194. The van der Waals surface area contributed by atoms with E-state index in [4.69, 9.17) is 9.94 Å². The fourth-order valence-electron chi connectivity index (χ4n) is 1.12. The lowest BCUT2D eigenvalue weighted by atomic mass is 10.1. The Labute approximate surface area is 89.8 Å². The van der Waals surface area contributed by atoms with E-state index < -0.39 is 5.97 Å². The van der Waals surface area contributed by atoms with Crippen molar-refractivity contribution >= 4 is 11.9 Å². The highest BCUT2D eigenvalue weighted by Crippen LogP contribution is 2.05. The third-order valence-corrected chi connectivity index (χ3v) is 1.87. The van der Waals surface area contributed by atoms with Gasteiger partial charge in [0.25, 0.3) is 0 Å². The van der Waals surface area contributed by atoms with Gasteiger partial charge in [0.2, 0.25) is 5.91 Å². The number of aliphatic carboxylic acids is 1. The molecule has 88 valence electrons. The van der Waals surface area contributed by atoms with Gasteiger partial charge in [-0.05, 0) is 19.8 Å². The summed E-state index contributed by atoms with van der Waals surface area (Å²) in [4.78, 5) is 25.9. The molecule has 0 rings (SSSR count). The van der Waals surface area contributed by atoms with Gasteiger partial charge in [-0.3, -0.25) is 14.4 Å². The Morgan fingerprint density at radius 3 is 2.27 bits per heavy atom. The normalized spacial score (nSPS) is 9.93. The lowest BCUT2D eigenvalue weighted by molar-refractivity contribution is -0.137. The van der Waals surface area contributed by atoms with Crippen molar-refractivity contribution in [2.24, 2.45) is 0 Å². The minimum absolute atomic E-state index is 0.116. The monoisotopic (exact) mass is 217 g/mol. The number of rotatable bonds is 9. The van der Waals surface area contributed by atoms with Gasteiger partial charge in [-0.1, -0.05) is 12.8 Å². The van der Waals surface area contributed by atoms with Crippen LogP contribution in [0, 0.1) is 0 Å². The molecule has 0 aliphatic heterocycles. The van der Waals surface area contributed by atoms with Gasteiger partial charge in [0.15, 0.2) is 0 Å². The Morgan fingerprint density at radius 2 is 1.73 bits per heavy atom. The molecular weight excluding hydrogens is 198 g/mol. The van der Waals surface area contributed by atoms with E-state index in [1.807, 2.05) is 0 Å². The largest absolute Gasteiger partial charge is 0.481 e. The first-order valence-electron chi connectivity index (χ1n) is 5.29. The topological polar surface area (TPSA) is 75.6 Å². The van der Waals surface area contributed by atoms with Crippen LogP contribution in [-0.4, -0.2) is 23.6 Å². The molecule has 1 amide bonds. The Kier molecular flexibility index (Phi) is 8.76. The summed E-state index contributed by atoms with van der Waals surface area (Å²) in [5, 5.41) is 8.37. The molecule has 0 aliphatic rings. The van der Waals surface area contributed by atoms with E-state index in [0.29, 0.717) is 19.4 Å². The number of amides is 1. The van der Waals surface area contributed by atoms with Gasteiger partial charge in [-0.15, -0.1) is 0 Å². The average Bonchev–Trinajstić information content (AvgIpc) is 2.19. The molecule has 5 heteroatoms. The van der Waals surface area contributed by atoms with Crippen molar-refractivity contribution < 1.29 is 19.5 Å². The highest BCUT2D eigenvalue weighted by Gasteiger charge is 2.00. The zero-order valence-electron chi connectivity index (χ0n) is 9.12. The standard InChI is InChI=1S/C10H19NO4/c1-2-15-11-9(12)7-5-3-4-6-8-10(13)14/h2-8H2,1H3,(H,11,12)(H,13,14). The van der Waals surface area contributed by atoms with Crippen LogP contribution < -0.4 is 5.48 Å². The van der Waals surface area contributed by atoms with E-state index in [9.17, 15) is 9.59 Å². The van der Waals surface area contributed by atoms with Crippen LogP contribution in [0.4, 0.5) is 0 Å². The first-order chi connectivity index (χ1) is 7.16. The highest BCUT2D eigenvalue weighted by molar-refractivity contribution is 5.74. The summed E-state index contributed by atoms with van der Waals surface area (Å²) >= 11 is 0. The SMILES string of the molecule is CCONC(=O)CCCCCCC(=O)O.